The Morgan fingerprint density at radius 3 is 2.86 bits per heavy atom. The topological polar surface area (TPSA) is 36.0 Å². The van der Waals surface area contributed by atoms with Crippen LogP contribution in [0.4, 0.5) is 0 Å². The molecule has 1 aromatic heterocycles. The molecule has 0 fully saturated rings. The first-order valence-electron chi connectivity index (χ1n) is 4.07. The van der Waals surface area contributed by atoms with Gasteiger partial charge in [-0.2, -0.15) is 0 Å². The number of nitrogens with zero attached hydrogens (tertiary/aromatic N) is 1. The smallest absolute Gasteiger partial charge is 0.178 e. The molecule has 0 radical (unpaired) electrons. The van der Waals surface area contributed by atoms with E-state index < -0.39 is 11.2 Å². The molecule has 0 N–H and O–H groups in total. The van der Waals surface area contributed by atoms with Crippen molar-refractivity contribution in [1.29, 1.82) is 0 Å². The average Bonchev–Trinajstić information content (AvgIpc) is 2.17. The third-order valence-corrected chi connectivity index (χ3v) is 3.27. The van der Waals surface area contributed by atoms with Crippen molar-refractivity contribution >= 4 is 33.7 Å². The van der Waals surface area contributed by atoms with Gasteiger partial charge in [-0.15, -0.1) is 0 Å². The fourth-order valence-corrected chi connectivity index (χ4v) is 2.26. The van der Waals surface area contributed by atoms with Gasteiger partial charge >= 0.3 is 0 Å². The molecule has 0 amide bonds. The quantitative estimate of drug-likeness (QED) is 0.700. The van der Waals surface area contributed by atoms with Crippen molar-refractivity contribution in [3.63, 3.8) is 0 Å². The van der Waals surface area contributed by atoms with Crippen LogP contribution in [0, 0.1) is 0 Å². The standard InChI is InChI=1S/C10H8ClNOS/c1-14(13)9-4-2-3-7-8(11)5-6-12-10(7)9/h2-6H,1H3. The molecule has 1 heterocycles. The first kappa shape index (κ1) is 9.77. The number of pyridine rings is 1. The predicted molar refractivity (Wildman–Crippen MR) is 59.1 cm³/mol. The lowest BCUT2D eigenvalue weighted by atomic mass is 10.2. The van der Waals surface area contributed by atoms with E-state index >= 15 is 0 Å². The fraction of sp³-hybridized carbons (Fsp3) is 0.100. The van der Waals surface area contributed by atoms with Crippen LogP contribution in [0.5, 0.6) is 0 Å². The molecule has 0 spiro atoms. The Balaban J connectivity index is 2.81. The molecule has 0 aliphatic rings. The largest absolute Gasteiger partial charge is 0.612 e. The van der Waals surface area contributed by atoms with E-state index in [9.17, 15) is 4.55 Å². The second kappa shape index (κ2) is 3.77. The van der Waals surface area contributed by atoms with Crippen molar-refractivity contribution in [3.05, 3.63) is 35.5 Å². The summed E-state index contributed by atoms with van der Waals surface area (Å²) in [4.78, 5) is 4.91. The Morgan fingerprint density at radius 2 is 2.14 bits per heavy atom. The minimum Gasteiger partial charge on any atom is -0.612 e. The molecule has 0 bridgehead atoms. The number of halogens is 1. The third kappa shape index (κ3) is 1.59. The zero-order chi connectivity index (χ0) is 10.1. The summed E-state index contributed by atoms with van der Waals surface area (Å²) in [5.74, 6) is 0. The first-order chi connectivity index (χ1) is 6.70. The number of aromatic nitrogens is 1. The highest BCUT2D eigenvalue weighted by Crippen LogP contribution is 2.26. The lowest BCUT2D eigenvalue weighted by molar-refractivity contribution is 0.601. The molecule has 2 aromatic rings. The Labute approximate surface area is 90.1 Å². The molecule has 0 aliphatic heterocycles. The number of hydrogen-bond acceptors (Lipinski definition) is 2. The van der Waals surface area contributed by atoms with E-state index in [0.717, 1.165) is 15.8 Å². The third-order valence-electron chi connectivity index (χ3n) is 1.99. The summed E-state index contributed by atoms with van der Waals surface area (Å²) in [6.45, 7) is 0. The monoisotopic (exact) mass is 225 g/mol. The van der Waals surface area contributed by atoms with Gasteiger partial charge in [0, 0.05) is 11.6 Å². The maximum atomic E-state index is 11.4. The maximum absolute atomic E-state index is 11.4. The molecule has 0 saturated heterocycles. The second-order valence-corrected chi connectivity index (χ2v) is 4.65. The highest BCUT2D eigenvalue weighted by molar-refractivity contribution is 7.91. The fourth-order valence-electron chi connectivity index (χ4n) is 1.35. The van der Waals surface area contributed by atoms with Crippen LogP contribution >= 0.6 is 11.6 Å². The van der Waals surface area contributed by atoms with Crippen LogP contribution in [0.25, 0.3) is 10.9 Å². The normalized spacial score (nSPS) is 13.1. The van der Waals surface area contributed by atoms with Gasteiger partial charge in [0.25, 0.3) is 0 Å². The van der Waals surface area contributed by atoms with Crippen LogP contribution in [-0.4, -0.2) is 15.8 Å². The first-order valence-corrected chi connectivity index (χ1v) is 6.00. The van der Waals surface area contributed by atoms with Crippen molar-refractivity contribution in [2.75, 3.05) is 6.26 Å². The van der Waals surface area contributed by atoms with Gasteiger partial charge in [0.2, 0.25) is 0 Å². The molecule has 2 nitrogen and oxygen atoms in total. The van der Waals surface area contributed by atoms with Crippen LogP contribution in [-0.2, 0) is 11.2 Å². The summed E-state index contributed by atoms with van der Waals surface area (Å²) in [7, 11) is 0. The summed E-state index contributed by atoms with van der Waals surface area (Å²) in [6, 6.07) is 7.25. The number of para-hydroxylation sites is 1. The minimum absolute atomic E-state index is 0.641. The molecule has 1 atom stereocenters. The molecule has 1 unspecified atom stereocenters. The number of benzene rings is 1. The van der Waals surface area contributed by atoms with Crippen molar-refractivity contribution < 1.29 is 4.55 Å². The van der Waals surface area contributed by atoms with E-state index in [1.807, 2.05) is 18.2 Å². The predicted octanol–water partition coefficient (Wildman–Crippen LogP) is 2.63. The van der Waals surface area contributed by atoms with Gasteiger partial charge in [0.1, 0.15) is 11.8 Å². The van der Waals surface area contributed by atoms with Crippen LogP contribution in [0.15, 0.2) is 35.4 Å². The van der Waals surface area contributed by atoms with Crippen molar-refractivity contribution in [1.82, 2.24) is 4.98 Å². The molecule has 4 heteroatoms. The van der Waals surface area contributed by atoms with Gasteiger partial charge in [0.15, 0.2) is 4.90 Å². The van der Waals surface area contributed by atoms with E-state index in [-0.39, 0.29) is 0 Å². The molecule has 0 aliphatic carbocycles. The van der Waals surface area contributed by atoms with E-state index in [1.54, 1.807) is 18.5 Å². The molecule has 2 rings (SSSR count). The van der Waals surface area contributed by atoms with Gasteiger partial charge in [-0.05, 0) is 23.3 Å². The van der Waals surface area contributed by atoms with Gasteiger partial charge in [-0.3, -0.25) is 4.98 Å². The summed E-state index contributed by atoms with van der Waals surface area (Å²) in [5, 5.41) is 1.49. The molecular formula is C10H8ClNOS. The zero-order valence-corrected chi connectivity index (χ0v) is 9.10. The Kier molecular flexibility index (Phi) is 2.63. The zero-order valence-electron chi connectivity index (χ0n) is 7.53. The SMILES string of the molecule is C[S+]([O-])c1cccc2c(Cl)ccnc12. The van der Waals surface area contributed by atoms with E-state index in [4.69, 9.17) is 11.6 Å². The molecular weight excluding hydrogens is 218 g/mol. The molecule has 72 valence electrons. The highest BCUT2D eigenvalue weighted by atomic mass is 35.5. The molecule has 14 heavy (non-hydrogen) atoms. The summed E-state index contributed by atoms with van der Waals surface area (Å²) < 4.78 is 11.4. The van der Waals surface area contributed by atoms with E-state index in [1.165, 1.54) is 0 Å². The Bertz CT molecular complexity index is 473. The summed E-state index contributed by atoms with van der Waals surface area (Å²) in [6.07, 6.45) is 3.26. The average molecular weight is 226 g/mol. The molecule has 1 aromatic carbocycles. The second-order valence-electron chi connectivity index (χ2n) is 2.90. The lowest BCUT2D eigenvalue weighted by Gasteiger charge is -2.07. The van der Waals surface area contributed by atoms with Gasteiger partial charge in [-0.25, -0.2) is 0 Å². The maximum Gasteiger partial charge on any atom is 0.178 e. The lowest BCUT2D eigenvalue weighted by Crippen LogP contribution is -1.99. The van der Waals surface area contributed by atoms with Gasteiger partial charge in [-0.1, -0.05) is 23.7 Å². The van der Waals surface area contributed by atoms with Crippen molar-refractivity contribution in [2.24, 2.45) is 0 Å². The van der Waals surface area contributed by atoms with Gasteiger partial charge < -0.3 is 4.55 Å². The van der Waals surface area contributed by atoms with Crippen molar-refractivity contribution in [3.8, 4) is 0 Å². The molecule has 0 saturated carbocycles. The van der Waals surface area contributed by atoms with E-state index in [2.05, 4.69) is 4.98 Å². The number of rotatable bonds is 1. The Hall–Kier alpha value is -0.770. The summed E-state index contributed by atoms with van der Waals surface area (Å²) >= 11 is 4.96. The van der Waals surface area contributed by atoms with E-state index in [0.29, 0.717) is 5.02 Å². The van der Waals surface area contributed by atoms with Crippen LogP contribution < -0.4 is 0 Å². The van der Waals surface area contributed by atoms with Crippen LogP contribution in [0.3, 0.4) is 0 Å². The Morgan fingerprint density at radius 1 is 1.36 bits per heavy atom. The van der Waals surface area contributed by atoms with Crippen molar-refractivity contribution in [2.45, 2.75) is 4.90 Å². The highest BCUT2D eigenvalue weighted by Gasteiger charge is 2.11. The number of hydrogen-bond donors (Lipinski definition) is 0. The van der Waals surface area contributed by atoms with Crippen LogP contribution in [0.2, 0.25) is 5.02 Å². The minimum atomic E-state index is -1.03. The summed E-state index contributed by atoms with van der Waals surface area (Å²) in [5.41, 5.74) is 0.723. The van der Waals surface area contributed by atoms with Gasteiger partial charge in [0.05, 0.1) is 5.02 Å². The number of fused-ring (bicyclic) bond motifs is 1. The van der Waals surface area contributed by atoms with Crippen LogP contribution in [0.1, 0.15) is 0 Å².